The molecule has 0 radical (unpaired) electrons. The highest BCUT2D eigenvalue weighted by atomic mass is 16.5. The van der Waals surface area contributed by atoms with E-state index in [9.17, 15) is 4.79 Å². The number of amides is 1. The van der Waals surface area contributed by atoms with Crippen LogP contribution in [-0.2, 0) is 0 Å². The summed E-state index contributed by atoms with van der Waals surface area (Å²) in [5.41, 5.74) is 2.50. The molecule has 1 N–H and O–H groups in total. The number of ether oxygens (including phenoxy) is 1. The lowest BCUT2D eigenvalue weighted by molar-refractivity contribution is 0.0988. The van der Waals surface area contributed by atoms with Crippen LogP contribution in [0.3, 0.4) is 0 Å². The van der Waals surface area contributed by atoms with E-state index in [0.29, 0.717) is 17.1 Å². The number of benzene rings is 2. The summed E-state index contributed by atoms with van der Waals surface area (Å²) in [6.45, 7) is 3.79. The Morgan fingerprint density at radius 2 is 1.61 bits per heavy atom. The molecule has 116 valence electrons. The average molecular weight is 308 g/mol. The van der Waals surface area contributed by atoms with Gasteiger partial charge in [0.15, 0.2) is 0 Å². The average Bonchev–Trinajstić information content (AvgIpc) is 2.98. The number of aromatic nitrogens is 1. The third-order valence-electron chi connectivity index (χ3n) is 3.22. The van der Waals surface area contributed by atoms with E-state index in [1.54, 1.807) is 37.3 Å². The molecule has 0 spiro atoms. The second-order valence-corrected chi connectivity index (χ2v) is 5.23. The molecular weight excluding hydrogens is 292 g/mol. The summed E-state index contributed by atoms with van der Waals surface area (Å²) in [4.78, 5) is 12.0. The molecule has 3 rings (SSSR count). The minimum Gasteiger partial charge on any atom is -0.457 e. The van der Waals surface area contributed by atoms with Crippen LogP contribution in [0.4, 0.5) is 5.69 Å². The van der Waals surface area contributed by atoms with Gasteiger partial charge in [0.1, 0.15) is 11.5 Å². The summed E-state index contributed by atoms with van der Waals surface area (Å²) < 4.78 is 10.7. The van der Waals surface area contributed by atoms with E-state index >= 15 is 0 Å². The molecule has 0 aliphatic carbocycles. The minimum atomic E-state index is -0.335. The third kappa shape index (κ3) is 3.77. The van der Waals surface area contributed by atoms with E-state index in [-0.39, 0.29) is 11.7 Å². The summed E-state index contributed by atoms with van der Waals surface area (Å²) in [5, 5.41) is 6.43. The Bertz CT molecular complexity index is 805. The second kappa shape index (κ2) is 6.36. The fourth-order valence-corrected chi connectivity index (χ4v) is 2.01. The Kier molecular flexibility index (Phi) is 4.10. The highest BCUT2D eigenvalue weighted by Gasteiger charge is 2.11. The predicted octanol–water partition coefficient (Wildman–Crippen LogP) is 4.34. The molecule has 0 saturated carbocycles. The summed E-state index contributed by atoms with van der Waals surface area (Å²) in [6.07, 6.45) is 0. The van der Waals surface area contributed by atoms with Gasteiger partial charge in [-0.3, -0.25) is 4.79 Å². The Labute approximate surface area is 133 Å². The highest BCUT2D eigenvalue weighted by Crippen LogP contribution is 2.23. The first-order chi connectivity index (χ1) is 11.1. The third-order valence-corrected chi connectivity index (χ3v) is 3.22. The Morgan fingerprint density at radius 1 is 1.00 bits per heavy atom. The smallest absolute Gasteiger partial charge is 0.294 e. The van der Waals surface area contributed by atoms with Crippen LogP contribution in [0.15, 0.2) is 59.1 Å². The molecule has 3 aromatic rings. The van der Waals surface area contributed by atoms with E-state index in [2.05, 4.69) is 10.5 Å². The van der Waals surface area contributed by atoms with Crippen molar-refractivity contribution < 1.29 is 14.1 Å². The lowest BCUT2D eigenvalue weighted by Gasteiger charge is -2.07. The Balaban J connectivity index is 1.65. The Morgan fingerprint density at radius 3 is 2.17 bits per heavy atom. The second-order valence-electron chi connectivity index (χ2n) is 5.23. The maximum atomic E-state index is 12.0. The van der Waals surface area contributed by atoms with Gasteiger partial charge in [-0.1, -0.05) is 22.9 Å². The van der Waals surface area contributed by atoms with E-state index in [0.717, 1.165) is 5.75 Å². The number of rotatable bonds is 4. The van der Waals surface area contributed by atoms with Crippen LogP contribution in [0.5, 0.6) is 11.5 Å². The number of nitrogens with zero attached hydrogens (tertiary/aromatic N) is 1. The molecule has 0 bridgehead atoms. The van der Waals surface area contributed by atoms with Gasteiger partial charge in [-0.05, 0) is 50.2 Å². The van der Waals surface area contributed by atoms with Gasteiger partial charge in [0.2, 0.25) is 5.76 Å². The van der Waals surface area contributed by atoms with E-state index < -0.39 is 0 Å². The van der Waals surface area contributed by atoms with Crippen molar-refractivity contribution in [3.63, 3.8) is 0 Å². The van der Waals surface area contributed by atoms with Crippen molar-refractivity contribution in [1.82, 2.24) is 5.16 Å². The molecule has 0 fully saturated rings. The summed E-state index contributed by atoms with van der Waals surface area (Å²) >= 11 is 0. The van der Waals surface area contributed by atoms with Crippen LogP contribution < -0.4 is 10.1 Å². The summed E-state index contributed by atoms with van der Waals surface area (Å²) in [5.74, 6) is 1.31. The molecule has 2 aromatic carbocycles. The number of hydrogen-bond donors (Lipinski definition) is 1. The number of aryl methyl sites for hydroxylation is 2. The van der Waals surface area contributed by atoms with Crippen LogP contribution in [0.1, 0.15) is 21.8 Å². The number of carbonyl (C=O) groups is 1. The topological polar surface area (TPSA) is 64.4 Å². The minimum absolute atomic E-state index is 0.183. The maximum absolute atomic E-state index is 12.0. The molecule has 5 heteroatoms. The lowest BCUT2D eigenvalue weighted by atomic mass is 10.2. The SMILES string of the molecule is Cc1ccc(Oc2ccc(NC(=O)c3cc(C)no3)cc2)cc1. The van der Waals surface area contributed by atoms with Crippen LogP contribution in [-0.4, -0.2) is 11.1 Å². The zero-order valence-corrected chi connectivity index (χ0v) is 12.9. The first kappa shape index (κ1) is 14.8. The molecule has 23 heavy (non-hydrogen) atoms. The lowest BCUT2D eigenvalue weighted by Crippen LogP contribution is -2.10. The molecule has 1 amide bonds. The van der Waals surface area contributed by atoms with Crippen molar-refractivity contribution in [2.75, 3.05) is 5.32 Å². The molecular formula is C18H16N2O3. The van der Waals surface area contributed by atoms with Gasteiger partial charge in [-0.25, -0.2) is 0 Å². The molecule has 0 aliphatic heterocycles. The van der Waals surface area contributed by atoms with Crippen molar-refractivity contribution in [3.8, 4) is 11.5 Å². The summed E-state index contributed by atoms with van der Waals surface area (Å²) in [6, 6.07) is 16.5. The van der Waals surface area contributed by atoms with Crippen molar-refractivity contribution in [2.24, 2.45) is 0 Å². The molecule has 0 saturated heterocycles. The number of nitrogens with one attached hydrogen (secondary N) is 1. The first-order valence-electron chi connectivity index (χ1n) is 7.19. The van der Waals surface area contributed by atoms with Gasteiger partial charge in [0.25, 0.3) is 5.91 Å². The monoisotopic (exact) mass is 308 g/mol. The van der Waals surface area contributed by atoms with Gasteiger partial charge in [0, 0.05) is 11.8 Å². The first-order valence-corrected chi connectivity index (χ1v) is 7.19. The van der Waals surface area contributed by atoms with Crippen molar-refractivity contribution in [1.29, 1.82) is 0 Å². The van der Waals surface area contributed by atoms with Gasteiger partial charge in [0.05, 0.1) is 5.69 Å². The Hall–Kier alpha value is -3.08. The van der Waals surface area contributed by atoms with Crippen LogP contribution in [0.2, 0.25) is 0 Å². The van der Waals surface area contributed by atoms with Gasteiger partial charge >= 0.3 is 0 Å². The summed E-state index contributed by atoms with van der Waals surface area (Å²) in [7, 11) is 0. The molecule has 0 unspecified atom stereocenters. The van der Waals surface area contributed by atoms with E-state index in [1.165, 1.54) is 5.56 Å². The van der Waals surface area contributed by atoms with Crippen LogP contribution >= 0.6 is 0 Å². The molecule has 1 aromatic heterocycles. The zero-order valence-electron chi connectivity index (χ0n) is 12.9. The van der Waals surface area contributed by atoms with Gasteiger partial charge in [-0.2, -0.15) is 0 Å². The zero-order chi connectivity index (χ0) is 16.2. The molecule has 1 heterocycles. The van der Waals surface area contributed by atoms with Crippen molar-refractivity contribution >= 4 is 11.6 Å². The fraction of sp³-hybridized carbons (Fsp3) is 0.111. The van der Waals surface area contributed by atoms with E-state index in [1.807, 2.05) is 31.2 Å². The predicted molar refractivity (Wildman–Crippen MR) is 86.9 cm³/mol. The van der Waals surface area contributed by atoms with E-state index in [4.69, 9.17) is 9.26 Å². The molecule has 5 nitrogen and oxygen atoms in total. The fourth-order valence-electron chi connectivity index (χ4n) is 2.01. The van der Waals surface area contributed by atoms with Crippen molar-refractivity contribution in [2.45, 2.75) is 13.8 Å². The van der Waals surface area contributed by atoms with Gasteiger partial charge in [-0.15, -0.1) is 0 Å². The highest BCUT2D eigenvalue weighted by molar-refractivity contribution is 6.02. The molecule has 0 atom stereocenters. The standard InChI is InChI=1S/C18H16N2O3/c1-12-3-7-15(8-4-12)22-16-9-5-14(6-10-16)19-18(21)17-11-13(2)20-23-17/h3-11H,1-2H3,(H,19,21). The van der Waals surface area contributed by atoms with Crippen molar-refractivity contribution in [3.05, 3.63) is 71.6 Å². The maximum Gasteiger partial charge on any atom is 0.294 e. The number of carbonyl (C=O) groups excluding carboxylic acids is 1. The number of anilines is 1. The van der Waals surface area contributed by atoms with Crippen LogP contribution in [0, 0.1) is 13.8 Å². The van der Waals surface area contributed by atoms with Gasteiger partial charge < -0.3 is 14.6 Å². The van der Waals surface area contributed by atoms with Crippen LogP contribution in [0.25, 0.3) is 0 Å². The quantitative estimate of drug-likeness (QED) is 0.779. The molecule has 0 aliphatic rings. The largest absolute Gasteiger partial charge is 0.457 e. The number of hydrogen-bond acceptors (Lipinski definition) is 4. The normalized spacial score (nSPS) is 10.3.